The van der Waals surface area contributed by atoms with Crippen LogP contribution in [0.4, 0.5) is 0 Å². The Bertz CT molecular complexity index is 1360. The number of nitrogens with one attached hydrogen (secondary N) is 1. The van der Waals surface area contributed by atoms with Crippen molar-refractivity contribution in [3.8, 4) is 11.4 Å². The third kappa shape index (κ3) is 4.16. The molecular weight excluding hydrogens is 412 g/mol. The lowest BCUT2D eigenvalue weighted by Crippen LogP contribution is -2.31. The Morgan fingerprint density at radius 2 is 1.88 bits per heavy atom. The number of carbonyl (C=O) groups is 1. The number of aromatic nitrogens is 3. The van der Waals surface area contributed by atoms with Crippen LogP contribution >= 0.6 is 0 Å². The number of hydrogen-bond donors (Lipinski definition) is 1. The molecule has 4 aromatic rings. The van der Waals surface area contributed by atoms with Gasteiger partial charge in [-0.15, -0.1) is 0 Å². The normalized spacial score (nSPS) is 15.8. The lowest BCUT2D eigenvalue weighted by molar-refractivity contribution is -0.132. The smallest absolute Gasteiger partial charge is 0.254 e. The van der Waals surface area contributed by atoms with E-state index in [0.717, 1.165) is 24.9 Å². The SMILES string of the molecule is Cc1nc(-c2ccncc2)[nH]c(=O)c1CCC(=O)N1CCCC1c1cccc2ccccc12. The Hall–Kier alpha value is -3.80. The predicted octanol–water partition coefficient (Wildman–Crippen LogP) is 4.59. The zero-order valence-corrected chi connectivity index (χ0v) is 18.6. The molecule has 0 bridgehead atoms. The van der Waals surface area contributed by atoms with Gasteiger partial charge in [0.15, 0.2) is 0 Å². The molecule has 1 aliphatic rings. The highest BCUT2D eigenvalue weighted by molar-refractivity contribution is 5.87. The van der Waals surface area contributed by atoms with Crippen molar-refractivity contribution in [2.45, 2.75) is 38.6 Å². The van der Waals surface area contributed by atoms with Gasteiger partial charge in [-0.25, -0.2) is 4.98 Å². The molecule has 2 aromatic heterocycles. The molecule has 33 heavy (non-hydrogen) atoms. The van der Waals surface area contributed by atoms with Crippen LogP contribution in [0.2, 0.25) is 0 Å². The van der Waals surface area contributed by atoms with Crippen LogP contribution in [0.15, 0.2) is 71.8 Å². The first-order valence-electron chi connectivity index (χ1n) is 11.4. The van der Waals surface area contributed by atoms with E-state index >= 15 is 0 Å². The molecule has 2 aromatic carbocycles. The van der Waals surface area contributed by atoms with Gasteiger partial charge in [-0.3, -0.25) is 14.6 Å². The van der Waals surface area contributed by atoms with Crippen LogP contribution in [0.25, 0.3) is 22.2 Å². The molecule has 1 aliphatic heterocycles. The molecule has 6 nitrogen and oxygen atoms in total. The fraction of sp³-hybridized carbons (Fsp3) is 0.259. The summed E-state index contributed by atoms with van der Waals surface area (Å²) in [6.45, 7) is 2.58. The highest BCUT2D eigenvalue weighted by Crippen LogP contribution is 2.36. The zero-order valence-electron chi connectivity index (χ0n) is 18.6. The summed E-state index contributed by atoms with van der Waals surface area (Å²) >= 11 is 0. The topological polar surface area (TPSA) is 79.0 Å². The summed E-state index contributed by atoms with van der Waals surface area (Å²) in [7, 11) is 0. The van der Waals surface area contributed by atoms with E-state index in [9.17, 15) is 9.59 Å². The minimum Gasteiger partial charge on any atom is -0.336 e. The van der Waals surface area contributed by atoms with E-state index in [4.69, 9.17) is 0 Å². The van der Waals surface area contributed by atoms with E-state index in [-0.39, 0.29) is 17.5 Å². The molecular formula is C27H26N4O2. The first-order valence-corrected chi connectivity index (χ1v) is 11.4. The number of pyridine rings is 1. The molecule has 0 radical (unpaired) electrons. The van der Waals surface area contributed by atoms with E-state index in [1.807, 2.05) is 36.1 Å². The van der Waals surface area contributed by atoms with Crippen LogP contribution < -0.4 is 5.56 Å². The molecule has 1 saturated heterocycles. The molecule has 0 aliphatic carbocycles. The molecule has 1 fully saturated rings. The van der Waals surface area contributed by atoms with Crippen molar-refractivity contribution in [1.29, 1.82) is 0 Å². The molecule has 0 spiro atoms. The Morgan fingerprint density at radius 1 is 1.09 bits per heavy atom. The zero-order chi connectivity index (χ0) is 22.8. The van der Waals surface area contributed by atoms with Crippen LogP contribution in [0.5, 0.6) is 0 Å². The van der Waals surface area contributed by atoms with Gasteiger partial charge in [0.2, 0.25) is 5.91 Å². The number of rotatable bonds is 5. The standard InChI is InChI=1S/C27H26N4O2/c1-18-21(27(33)30-26(29-18)20-13-15-28-16-14-20)11-12-25(32)31-17-5-10-24(31)23-9-4-7-19-6-2-3-8-22(19)23/h2-4,6-9,13-16,24H,5,10-12,17H2,1H3,(H,29,30,33). The van der Waals surface area contributed by atoms with Crippen molar-refractivity contribution in [2.75, 3.05) is 6.54 Å². The molecule has 6 heteroatoms. The van der Waals surface area contributed by atoms with E-state index in [2.05, 4.69) is 45.3 Å². The second kappa shape index (κ2) is 8.98. The van der Waals surface area contributed by atoms with Gasteiger partial charge in [0.25, 0.3) is 5.56 Å². The number of nitrogens with zero attached hydrogens (tertiary/aromatic N) is 3. The number of aryl methyl sites for hydroxylation is 1. The maximum Gasteiger partial charge on any atom is 0.254 e. The Kier molecular flexibility index (Phi) is 5.73. The molecule has 3 heterocycles. The Labute approximate surface area is 192 Å². The maximum atomic E-state index is 13.2. The fourth-order valence-electron chi connectivity index (χ4n) is 4.86. The summed E-state index contributed by atoms with van der Waals surface area (Å²) in [6, 6.07) is 18.3. The van der Waals surface area contributed by atoms with Crippen LogP contribution in [0.1, 0.15) is 42.1 Å². The third-order valence-electron chi connectivity index (χ3n) is 6.52. The van der Waals surface area contributed by atoms with Gasteiger partial charge in [-0.05, 0) is 54.7 Å². The molecule has 1 atom stereocenters. The molecule has 1 amide bonds. The summed E-state index contributed by atoms with van der Waals surface area (Å²) in [5.41, 5.74) is 3.06. The highest BCUT2D eigenvalue weighted by Gasteiger charge is 2.30. The van der Waals surface area contributed by atoms with Gasteiger partial charge in [0.05, 0.1) is 6.04 Å². The van der Waals surface area contributed by atoms with Crippen LogP contribution in [-0.2, 0) is 11.2 Å². The van der Waals surface area contributed by atoms with Gasteiger partial charge in [-0.2, -0.15) is 0 Å². The number of carbonyl (C=O) groups excluding carboxylic acids is 1. The van der Waals surface area contributed by atoms with Gasteiger partial charge >= 0.3 is 0 Å². The molecule has 1 unspecified atom stereocenters. The van der Waals surface area contributed by atoms with E-state index in [0.29, 0.717) is 29.9 Å². The quantitative estimate of drug-likeness (QED) is 0.494. The van der Waals surface area contributed by atoms with E-state index < -0.39 is 0 Å². The first-order chi connectivity index (χ1) is 16.1. The van der Waals surface area contributed by atoms with Crippen LogP contribution in [0.3, 0.4) is 0 Å². The summed E-state index contributed by atoms with van der Waals surface area (Å²) in [4.78, 5) is 39.4. The van der Waals surface area contributed by atoms with Crippen LogP contribution in [0, 0.1) is 6.92 Å². The first kappa shape index (κ1) is 21.1. The Morgan fingerprint density at radius 3 is 2.70 bits per heavy atom. The van der Waals surface area contributed by atoms with Crippen molar-refractivity contribution in [3.05, 3.63) is 94.2 Å². The van der Waals surface area contributed by atoms with Gasteiger partial charge < -0.3 is 9.88 Å². The number of fused-ring (bicyclic) bond motifs is 1. The second-order valence-electron chi connectivity index (χ2n) is 8.53. The summed E-state index contributed by atoms with van der Waals surface area (Å²) in [5.74, 6) is 0.605. The number of amides is 1. The molecule has 166 valence electrons. The predicted molar refractivity (Wildman–Crippen MR) is 129 cm³/mol. The maximum absolute atomic E-state index is 13.2. The molecule has 1 N–H and O–H groups in total. The summed E-state index contributed by atoms with van der Waals surface area (Å²) < 4.78 is 0. The average molecular weight is 439 g/mol. The fourth-order valence-corrected chi connectivity index (χ4v) is 4.86. The van der Waals surface area contributed by atoms with Gasteiger partial charge in [0.1, 0.15) is 5.82 Å². The average Bonchev–Trinajstić information content (AvgIpc) is 3.33. The van der Waals surface area contributed by atoms with Crippen LogP contribution in [-0.4, -0.2) is 32.3 Å². The number of benzene rings is 2. The van der Waals surface area contributed by atoms with Crippen molar-refractivity contribution >= 4 is 16.7 Å². The van der Waals surface area contributed by atoms with Gasteiger partial charge in [0, 0.05) is 42.2 Å². The second-order valence-corrected chi connectivity index (χ2v) is 8.53. The minimum absolute atomic E-state index is 0.0789. The highest BCUT2D eigenvalue weighted by atomic mass is 16.2. The number of aromatic amines is 1. The minimum atomic E-state index is -0.186. The Balaban J connectivity index is 1.34. The monoisotopic (exact) mass is 438 g/mol. The van der Waals surface area contributed by atoms with Crippen molar-refractivity contribution in [3.63, 3.8) is 0 Å². The molecule has 0 saturated carbocycles. The number of likely N-dealkylation sites (tertiary alicyclic amines) is 1. The summed E-state index contributed by atoms with van der Waals surface area (Å²) in [5, 5.41) is 2.39. The summed E-state index contributed by atoms with van der Waals surface area (Å²) in [6.07, 6.45) is 5.95. The van der Waals surface area contributed by atoms with Crippen molar-refractivity contribution in [1.82, 2.24) is 19.9 Å². The number of hydrogen-bond acceptors (Lipinski definition) is 4. The van der Waals surface area contributed by atoms with Crippen molar-refractivity contribution < 1.29 is 4.79 Å². The number of H-pyrrole nitrogens is 1. The lowest BCUT2D eigenvalue weighted by Gasteiger charge is -2.26. The van der Waals surface area contributed by atoms with E-state index in [1.165, 1.54) is 16.3 Å². The molecule has 5 rings (SSSR count). The third-order valence-corrected chi connectivity index (χ3v) is 6.52. The van der Waals surface area contributed by atoms with Gasteiger partial charge in [-0.1, -0.05) is 42.5 Å². The largest absolute Gasteiger partial charge is 0.336 e. The van der Waals surface area contributed by atoms with E-state index in [1.54, 1.807) is 12.4 Å². The van der Waals surface area contributed by atoms with Crippen molar-refractivity contribution in [2.24, 2.45) is 0 Å². The lowest BCUT2D eigenvalue weighted by atomic mass is 9.97.